The van der Waals surface area contributed by atoms with Gasteiger partial charge >= 0.3 is 0 Å². The molecule has 5 nitrogen and oxygen atoms in total. The van der Waals surface area contributed by atoms with Gasteiger partial charge in [0.05, 0.1) is 29.1 Å². The highest BCUT2D eigenvalue weighted by molar-refractivity contribution is 5.40. The molecular weight excluding hydrogens is 250 g/mol. The number of benzene rings is 1. The number of aromatic nitrogens is 3. The zero-order chi connectivity index (χ0) is 14.5. The maximum absolute atomic E-state index is 8.82. The molecule has 0 saturated carbocycles. The summed E-state index contributed by atoms with van der Waals surface area (Å²) in [5.74, 6) is 0. The minimum Gasteiger partial charge on any atom is -0.309 e. The van der Waals surface area contributed by atoms with Gasteiger partial charge in [-0.3, -0.25) is 0 Å². The molecule has 1 heterocycles. The molecule has 2 rings (SSSR count). The van der Waals surface area contributed by atoms with Crippen LogP contribution in [-0.2, 0) is 0 Å². The zero-order valence-corrected chi connectivity index (χ0v) is 12.1. The number of hydrogen-bond donors (Lipinski definition) is 1. The highest BCUT2D eigenvalue weighted by Gasteiger charge is 2.15. The van der Waals surface area contributed by atoms with Gasteiger partial charge in [-0.1, -0.05) is 12.1 Å². The first-order valence-electron chi connectivity index (χ1n) is 6.83. The first kappa shape index (κ1) is 14.2. The molecule has 5 heteroatoms. The number of nitriles is 1. The summed E-state index contributed by atoms with van der Waals surface area (Å²) < 4.78 is 1.81. The lowest BCUT2D eigenvalue weighted by molar-refractivity contribution is 0.555. The minimum atomic E-state index is 0.182. The Hall–Kier alpha value is -2.19. The van der Waals surface area contributed by atoms with E-state index in [2.05, 4.69) is 35.5 Å². The third-order valence-electron chi connectivity index (χ3n) is 3.28. The second kappa shape index (κ2) is 6.31. The predicted molar refractivity (Wildman–Crippen MR) is 77.5 cm³/mol. The molecule has 0 aliphatic heterocycles. The van der Waals surface area contributed by atoms with E-state index in [4.69, 9.17) is 5.26 Å². The number of hydrogen-bond acceptors (Lipinski definition) is 4. The van der Waals surface area contributed by atoms with Gasteiger partial charge in [0, 0.05) is 0 Å². The van der Waals surface area contributed by atoms with Crippen LogP contribution in [-0.4, -0.2) is 21.5 Å². The molecule has 0 fully saturated rings. The fourth-order valence-electron chi connectivity index (χ4n) is 2.12. The molecule has 0 aliphatic rings. The molecule has 20 heavy (non-hydrogen) atoms. The van der Waals surface area contributed by atoms with Gasteiger partial charge in [-0.2, -0.15) is 5.26 Å². The van der Waals surface area contributed by atoms with Crippen LogP contribution < -0.4 is 5.32 Å². The summed E-state index contributed by atoms with van der Waals surface area (Å²) in [5.41, 5.74) is 3.54. The SMILES string of the molecule is CCCNC(C)c1nnn(-c2ccc(C#N)cc2)c1C. The molecule has 1 aromatic carbocycles. The van der Waals surface area contributed by atoms with Crippen LogP contribution >= 0.6 is 0 Å². The van der Waals surface area contributed by atoms with Gasteiger partial charge in [0.1, 0.15) is 5.69 Å². The van der Waals surface area contributed by atoms with Gasteiger partial charge in [0.15, 0.2) is 0 Å². The van der Waals surface area contributed by atoms with Crippen molar-refractivity contribution in [2.75, 3.05) is 6.54 Å². The highest BCUT2D eigenvalue weighted by Crippen LogP contribution is 2.18. The van der Waals surface area contributed by atoms with E-state index in [9.17, 15) is 0 Å². The van der Waals surface area contributed by atoms with E-state index in [1.54, 1.807) is 16.8 Å². The Morgan fingerprint density at radius 3 is 2.65 bits per heavy atom. The van der Waals surface area contributed by atoms with E-state index >= 15 is 0 Å². The number of nitrogens with one attached hydrogen (secondary N) is 1. The van der Waals surface area contributed by atoms with Crippen LogP contribution in [0.1, 0.15) is 43.3 Å². The van der Waals surface area contributed by atoms with Crippen molar-refractivity contribution in [2.45, 2.75) is 33.2 Å². The monoisotopic (exact) mass is 269 g/mol. The molecular formula is C15H19N5. The van der Waals surface area contributed by atoms with E-state index in [0.29, 0.717) is 5.56 Å². The van der Waals surface area contributed by atoms with Gasteiger partial charge in [-0.25, -0.2) is 4.68 Å². The van der Waals surface area contributed by atoms with Crippen molar-refractivity contribution in [3.63, 3.8) is 0 Å². The summed E-state index contributed by atoms with van der Waals surface area (Å²) in [5, 5.41) is 20.7. The van der Waals surface area contributed by atoms with Crippen LogP contribution in [0.4, 0.5) is 0 Å². The normalized spacial score (nSPS) is 12.1. The van der Waals surface area contributed by atoms with Crippen molar-refractivity contribution in [2.24, 2.45) is 0 Å². The van der Waals surface area contributed by atoms with Crippen LogP contribution in [0, 0.1) is 18.3 Å². The van der Waals surface area contributed by atoms with Crippen LogP contribution in [0.15, 0.2) is 24.3 Å². The van der Waals surface area contributed by atoms with Crippen molar-refractivity contribution in [1.82, 2.24) is 20.3 Å². The Morgan fingerprint density at radius 2 is 2.05 bits per heavy atom. The number of nitrogens with zero attached hydrogens (tertiary/aromatic N) is 4. The Kier molecular flexibility index (Phi) is 4.49. The van der Waals surface area contributed by atoms with Crippen molar-refractivity contribution in [3.05, 3.63) is 41.2 Å². The molecule has 0 amide bonds. The second-order valence-electron chi connectivity index (χ2n) is 4.81. The van der Waals surface area contributed by atoms with E-state index in [1.165, 1.54) is 0 Å². The molecule has 0 aliphatic carbocycles. The Morgan fingerprint density at radius 1 is 1.35 bits per heavy atom. The summed E-state index contributed by atoms with van der Waals surface area (Å²) >= 11 is 0. The molecule has 1 aromatic heterocycles. The van der Waals surface area contributed by atoms with Gasteiger partial charge in [-0.15, -0.1) is 5.10 Å². The third-order valence-corrected chi connectivity index (χ3v) is 3.28. The fourth-order valence-corrected chi connectivity index (χ4v) is 2.12. The van der Waals surface area contributed by atoms with Crippen molar-refractivity contribution in [3.8, 4) is 11.8 Å². The summed E-state index contributed by atoms with van der Waals surface area (Å²) in [6.07, 6.45) is 1.09. The second-order valence-corrected chi connectivity index (χ2v) is 4.81. The summed E-state index contributed by atoms with van der Waals surface area (Å²) in [7, 11) is 0. The maximum Gasteiger partial charge on any atom is 0.103 e. The first-order valence-corrected chi connectivity index (χ1v) is 6.83. The lowest BCUT2D eigenvalue weighted by Crippen LogP contribution is -2.20. The maximum atomic E-state index is 8.82. The molecule has 1 unspecified atom stereocenters. The Bertz CT molecular complexity index is 606. The van der Waals surface area contributed by atoms with Crippen LogP contribution in [0.5, 0.6) is 0 Å². The lowest BCUT2D eigenvalue weighted by Gasteiger charge is -2.11. The third kappa shape index (κ3) is 2.86. The smallest absolute Gasteiger partial charge is 0.103 e. The van der Waals surface area contributed by atoms with Gasteiger partial charge < -0.3 is 5.32 Å². The van der Waals surface area contributed by atoms with Crippen LogP contribution in [0.2, 0.25) is 0 Å². The van der Waals surface area contributed by atoms with Gasteiger partial charge in [0.2, 0.25) is 0 Å². The highest BCUT2D eigenvalue weighted by atomic mass is 15.4. The van der Waals surface area contributed by atoms with Gasteiger partial charge in [0.25, 0.3) is 0 Å². The van der Waals surface area contributed by atoms with E-state index in [-0.39, 0.29) is 6.04 Å². The topological polar surface area (TPSA) is 66.5 Å². The molecule has 1 N–H and O–H groups in total. The lowest BCUT2D eigenvalue weighted by atomic mass is 10.2. The summed E-state index contributed by atoms with van der Waals surface area (Å²) in [6.45, 7) is 7.21. The average molecular weight is 269 g/mol. The standard InChI is InChI=1S/C15H19N5/c1-4-9-17-11(2)15-12(3)20(19-18-15)14-7-5-13(10-16)6-8-14/h5-8,11,17H,4,9H2,1-3H3. The van der Waals surface area contributed by atoms with Crippen LogP contribution in [0.3, 0.4) is 0 Å². The molecule has 0 radical (unpaired) electrons. The van der Waals surface area contributed by atoms with Gasteiger partial charge in [-0.05, 0) is 51.1 Å². The van der Waals surface area contributed by atoms with Crippen LogP contribution in [0.25, 0.3) is 5.69 Å². The van der Waals surface area contributed by atoms with E-state index in [0.717, 1.165) is 30.0 Å². The molecule has 104 valence electrons. The summed E-state index contributed by atoms with van der Waals surface area (Å²) in [6, 6.07) is 9.63. The van der Waals surface area contributed by atoms with Crippen molar-refractivity contribution in [1.29, 1.82) is 5.26 Å². The zero-order valence-electron chi connectivity index (χ0n) is 12.1. The fraction of sp³-hybridized carbons (Fsp3) is 0.400. The predicted octanol–water partition coefficient (Wildman–Crippen LogP) is 2.51. The van der Waals surface area contributed by atoms with Crippen molar-refractivity contribution < 1.29 is 0 Å². The molecule has 1 atom stereocenters. The largest absolute Gasteiger partial charge is 0.309 e. The molecule has 0 spiro atoms. The summed E-state index contributed by atoms with van der Waals surface area (Å²) in [4.78, 5) is 0. The quantitative estimate of drug-likeness (QED) is 0.905. The average Bonchev–Trinajstić information content (AvgIpc) is 2.86. The number of rotatable bonds is 5. The minimum absolute atomic E-state index is 0.182. The Balaban J connectivity index is 2.25. The van der Waals surface area contributed by atoms with E-state index < -0.39 is 0 Å². The molecule has 0 bridgehead atoms. The first-order chi connectivity index (χ1) is 9.67. The van der Waals surface area contributed by atoms with E-state index in [1.807, 2.05) is 19.1 Å². The van der Waals surface area contributed by atoms with Crippen molar-refractivity contribution >= 4 is 0 Å². The molecule has 2 aromatic rings. The Labute approximate surface area is 119 Å². The molecule has 0 saturated heterocycles.